The number of hydrogen-bond acceptors (Lipinski definition) is 3. The topological polar surface area (TPSA) is 75.3 Å². The van der Waals surface area contributed by atoms with Gasteiger partial charge in [-0.2, -0.15) is 4.72 Å². The van der Waals surface area contributed by atoms with Gasteiger partial charge in [-0.3, -0.25) is 4.79 Å². The predicted molar refractivity (Wildman–Crippen MR) is 106 cm³/mol. The molecule has 0 saturated carbocycles. The molecule has 0 aliphatic carbocycles. The van der Waals surface area contributed by atoms with Gasteiger partial charge in [0.15, 0.2) is 0 Å². The number of rotatable bonds is 5. The van der Waals surface area contributed by atoms with Crippen molar-refractivity contribution >= 4 is 44.8 Å². The van der Waals surface area contributed by atoms with E-state index in [2.05, 4.69) is 10.0 Å². The van der Waals surface area contributed by atoms with Crippen LogP contribution in [0.25, 0.3) is 0 Å². The quantitative estimate of drug-likeness (QED) is 0.768. The number of carbonyl (C=O) groups is 1. The molecular formula is C18H20Cl2N2O3S. The molecule has 0 saturated heterocycles. The number of amides is 1. The largest absolute Gasteiger partial charge is 0.324 e. The van der Waals surface area contributed by atoms with Gasteiger partial charge in [-0.05, 0) is 57.0 Å². The Morgan fingerprint density at radius 1 is 1.04 bits per heavy atom. The molecule has 0 bridgehead atoms. The van der Waals surface area contributed by atoms with E-state index in [1.54, 1.807) is 0 Å². The third-order valence-electron chi connectivity index (χ3n) is 3.83. The number of halogens is 2. The van der Waals surface area contributed by atoms with Crippen LogP contribution < -0.4 is 10.0 Å². The Bertz CT molecular complexity index is 936. The van der Waals surface area contributed by atoms with Gasteiger partial charge >= 0.3 is 0 Å². The Morgan fingerprint density at radius 3 is 2.19 bits per heavy atom. The molecule has 1 amide bonds. The molecule has 0 aliphatic heterocycles. The maximum Gasteiger partial charge on any atom is 0.242 e. The molecule has 1 atom stereocenters. The van der Waals surface area contributed by atoms with Crippen molar-refractivity contribution in [1.82, 2.24) is 4.72 Å². The molecule has 8 heteroatoms. The molecule has 0 aromatic heterocycles. The molecule has 1 unspecified atom stereocenters. The standard InChI is InChI=1S/C18H20Cl2N2O3S/c1-10-7-11(2)17(12(3)8-10)21-18(23)13(4)22-26(24,25)16-9-14(19)5-6-15(16)20/h5-9,13,22H,1-4H3,(H,21,23). The van der Waals surface area contributed by atoms with Crippen LogP contribution in [0.4, 0.5) is 5.69 Å². The highest BCUT2D eigenvalue weighted by Gasteiger charge is 2.25. The predicted octanol–water partition coefficient (Wildman–Crippen LogP) is 4.22. The second kappa shape index (κ2) is 7.96. The van der Waals surface area contributed by atoms with E-state index in [0.29, 0.717) is 5.69 Å². The first kappa shape index (κ1) is 20.7. The molecule has 2 N–H and O–H groups in total. The van der Waals surface area contributed by atoms with Gasteiger partial charge in [0.2, 0.25) is 15.9 Å². The lowest BCUT2D eigenvalue weighted by atomic mass is 10.0. The van der Waals surface area contributed by atoms with E-state index >= 15 is 0 Å². The molecule has 2 aromatic carbocycles. The van der Waals surface area contributed by atoms with Gasteiger partial charge in [-0.15, -0.1) is 0 Å². The third-order valence-corrected chi connectivity index (χ3v) is 6.09. The first-order valence-electron chi connectivity index (χ1n) is 7.87. The van der Waals surface area contributed by atoms with Crippen molar-refractivity contribution in [2.24, 2.45) is 0 Å². The van der Waals surface area contributed by atoms with E-state index in [1.807, 2.05) is 32.9 Å². The molecule has 0 radical (unpaired) electrons. The highest BCUT2D eigenvalue weighted by Crippen LogP contribution is 2.25. The number of carbonyl (C=O) groups excluding carboxylic acids is 1. The second-order valence-corrected chi connectivity index (χ2v) is 8.71. The molecule has 140 valence electrons. The monoisotopic (exact) mass is 414 g/mol. The number of nitrogens with one attached hydrogen (secondary N) is 2. The Balaban J connectivity index is 2.20. The third kappa shape index (κ3) is 4.76. The first-order valence-corrected chi connectivity index (χ1v) is 10.1. The van der Waals surface area contributed by atoms with Gasteiger partial charge in [0.1, 0.15) is 4.90 Å². The average Bonchev–Trinajstić information content (AvgIpc) is 2.52. The summed E-state index contributed by atoms with van der Waals surface area (Å²) in [4.78, 5) is 12.3. The Hall–Kier alpha value is -1.60. The number of aryl methyl sites for hydroxylation is 3. The molecular weight excluding hydrogens is 395 g/mol. The van der Waals surface area contributed by atoms with Crippen LogP contribution in [0.15, 0.2) is 35.2 Å². The summed E-state index contributed by atoms with van der Waals surface area (Å²) in [5.41, 5.74) is 3.57. The zero-order chi connectivity index (χ0) is 19.6. The van der Waals surface area contributed by atoms with Crippen molar-refractivity contribution in [3.8, 4) is 0 Å². The fourth-order valence-corrected chi connectivity index (χ4v) is 4.61. The van der Waals surface area contributed by atoms with Gasteiger partial charge in [-0.25, -0.2) is 8.42 Å². The van der Waals surface area contributed by atoms with Crippen molar-refractivity contribution in [3.63, 3.8) is 0 Å². The van der Waals surface area contributed by atoms with E-state index in [9.17, 15) is 13.2 Å². The van der Waals surface area contributed by atoms with Crippen molar-refractivity contribution in [2.45, 2.75) is 38.6 Å². The SMILES string of the molecule is Cc1cc(C)c(NC(=O)C(C)NS(=O)(=O)c2cc(Cl)ccc2Cl)c(C)c1. The van der Waals surface area contributed by atoms with Crippen molar-refractivity contribution in [2.75, 3.05) is 5.32 Å². The van der Waals surface area contributed by atoms with Crippen LogP contribution in [0.5, 0.6) is 0 Å². The van der Waals surface area contributed by atoms with E-state index in [1.165, 1.54) is 25.1 Å². The van der Waals surface area contributed by atoms with Crippen molar-refractivity contribution in [1.29, 1.82) is 0 Å². The summed E-state index contributed by atoms with van der Waals surface area (Å²) >= 11 is 11.8. The van der Waals surface area contributed by atoms with Crippen LogP contribution in [-0.4, -0.2) is 20.4 Å². The molecule has 5 nitrogen and oxygen atoms in total. The highest BCUT2D eigenvalue weighted by molar-refractivity contribution is 7.89. The lowest BCUT2D eigenvalue weighted by Gasteiger charge is -2.18. The lowest BCUT2D eigenvalue weighted by Crippen LogP contribution is -2.41. The van der Waals surface area contributed by atoms with Crippen LogP contribution in [-0.2, 0) is 14.8 Å². The second-order valence-electron chi connectivity index (χ2n) is 6.18. The minimum Gasteiger partial charge on any atom is -0.324 e. The van der Waals surface area contributed by atoms with Crippen molar-refractivity contribution < 1.29 is 13.2 Å². The minimum absolute atomic E-state index is 0.0275. The molecule has 2 aromatic rings. The molecule has 0 fully saturated rings. The van der Waals surface area contributed by atoms with Crippen LogP contribution in [0, 0.1) is 20.8 Å². The summed E-state index contributed by atoms with van der Waals surface area (Å²) < 4.78 is 27.4. The zero-order valence-electron chi connectivity index (χ0n) is 14.9. The smallest absolute Gasteiger partial charge is 0.242 e. The van der Waals surface area contributed by atoms with Crippen LogP contribution >= 0.6 is 23.2 Å². The first-order chi connectivity index (χ1) is 12.0. The van der Waals surface area contributed by atoms with Gasteiger partial charge in [0.05, 0.1) is 11.1 Å². The maximum atomic E-state index is 12.5. The Morgan fingerprint density at radius 2 is 1.62 bits per heavy atom. The number of sulfonamides is 1. The van der Waals surface area contributed by atoms with E-state index in [0.717, 1.165) is 16.7 Å². The Kier molecular flexibility index (Phi) is 6.34. The maximum absolute atomic E-state index is 12.5. The summed E-state index contributed by atoms with van der Waals surface area (Å²) in [7, 11) is -4.00. The van der Waals surface area contributed by atoms with Gasteiger partial charge < -0.3 is 5.32 Å². The molecule has 0 aliphatic rings. The molecule has 26 heavy (non-hydrogen) atoms. The van der Waals surface area contributed by atoms with Gasteiger partial charge in [-0.1, -0.05) is 40.9 Å². The number of benzene rings is 2. The summed E-state index contributed by atoms with van der Waals surface area (Å²) in [5.74, 6) is -0.471. The van der Waals surface area contributed by atoms with E-state index in [4.69, 9.17) is 23.2 Å². The van der Waals surface area contributed by atoms with E-state index < -0.39 is 22.0 Å². The summed E-state index contributed by atoms with van der Waals surface area (Å²) in [5, 5.41) is 3.04. The Labute approximate surface area is 163 Å². The minimum atomic E-state index is -4.00. The van der Waals surface area contributed by atoms with Crippen LogP contribution in [0.1, 0.15) is 23.6 Å². The molecule has 0 heterocycles. The summed E-state index contributed by atoms with van der Waals surface area (Å²) in [6, 6.07) is 7.01. The molecule has 0 spiro atoms. The fraction of sp³-hybridized carbons (Fsp3) is 0.278. The molecule has 2 rings (SSSR count). The van der Waals surface area contributed by atoms with Gasteiger partial charge in [0, 0.05) is 10.7 Å². The number of hydrogen-bond donors (Lipinski definition) is 2. The van der Waals surface area contributed by atoms with Crippen LogP contribution in [0.2, 0.25) is 10.0 Å². The fourth-order valence-electron chi connectivity index (χ4n) is 2.64. The van der Waals surface area contributed by atoms with Crippen LogP contribution in [0.3, 0.4) is 0 Å². The van der Waals surface area contributed by atoms with Gasteiger partial charge in [0.25, 0.3) is 0 Å². The zero-order valence-corrected chi connectivity index (χ0v) is 17.2. The highest BCUT2D eigenvalue weighted by atomic mass is 35.5. The number of anilines is 1. The van der Waals surface area contributed by atoms with E-state index in [-0.39, 0.29) is 14.9 Å². The average molecular weight is 415 g/mol. The normalized spacial score (nSPS) is 12.7. The summed E-state index contributed by atoms with van der Waals surface area (Å²) in [6.45, 7) is 7.20. The lowest BCUT2D eigenvalue weighted by molar-refractivity contribution is -0.117. The van der Waals surface area contributed by atoms with Crippen molar-refractivity contribution in [3.05, 3.63) is 57.1 Å². The summed E-state index contributed by atoms with van der Waals surface area (Å²) in [6.07, 6.45) is 0.